The fourth-order valence-corrected chi connectivity index (χ4v) is 8.16. The predicted octanol–water partition coefficient (Wildman–Crippen LogP) is 4.33. The molecule has 0 saturated heterocycles. The van der Waals surface area contributed by atoms with Crippen LogP contribution in [0.4, 0.5) is 0 Å². The molecule has 0 radical (unpaired) electrons. The number of alkyl halides is 1. The number of carbonyl (C=O) groups excluding carboxylic acids is 1. The van der Waals surface area contributed by atoms with Crippen LogP contribution < -0.4 is 0 Å². The topological polar surface area (TPSA) is 37.3 Å². The highest BCUT2D eigenvalue weighted by atomic mass is 79.9. The summed E-state index contributed by atoms with van der Waals surface area (Å²) in [6.07, 6.45) is 8.90. The van der Waals surface area contributed by atoms with Crippen molar-refractivity contribution in [1.82, 2.24) is 0 Å². The second-order valence-electron chi connectivity index (χ2n) is 9.07. The Morgan fingerprint density at radius 3 is 2.41 bits per heavy atom. The van der Waals surface area contributed by atoms with Gasteiger partial charge in [-0.15, -0.1) is 0 Å². The first-order chi connectivity index (χ1) is 10.4. The molecule has 1 N–H and O–H groups in total. The Balaban J connectivity index is 1.65. The minimum atomic E-state index is -0.0826. The van der Waals surface area contributed by atoms with E-state index in [9.17, 15) is 9.90 Å². The van der Waals surface area contributed by atoms with Crippen LogP contribution in [-0.4, -0.2) is 21.8 Å². The van der Waals surface area contributed by atoms with Gasteiger partial charge in [0.15, 0.2) is 0 Å². The van der Waals surface area contributed by atoms with Crippen molar-refractivity contribution in [3.8, 4) is 0 Å². The summed E-state index contributed by atoms with van der Waals surface area (Å²) >= 11 is 3.73. The zero-order chi connectivity index (χ0) is 15.7. The number of hydrogen-bond acceptors (Lipinski definition) is 2. The third-order valence-electron chi connectivity index (χ3n) is 8.46. The molecule has 0 aromatic heterocycles. The van der Waals surface area contributed by atoms with Crippen LogP contribution in [0.3, 0.4) is 0 Å². The molecule has 4 aliphatic carbocycles. The van der Waals surface area contributed by atoms with Crippen LogP contribution in [0.5, 0.6) is 0 Å². The second kappa shape index (κ2) is 5.05. The van der Waals surface area contributed by atoms with Crippen molar-refractivity contribution in [3.63, 3.8) is 0 Å². The quantitative estimate of drug-likeness (QED) is 0.646. The summed E-state index contributed by atoms with van der Waals surface area (Å²) in [6, 6.07) is 0. The van der Waals surface area contributed by atoms with Gasteiger partial charge in [-0.1, -0.05) is 29.8 Å². The molecule has 0 heterocycles. The molecular weight excluding hydrogens is 340 g/mol. The number of aliphatic hydroxyl groups excluding tert-OH is 1. The summed E-state index contributed by atoms with van der Waals surface area (Å²) < 4.78 is 0. The third-order valence-corrected chi connectivity index (χ3v) is 9.61. The van der Waals surface area contributed by atoms with Gasteiger partial charge >= 0.3 is 0 Å². The van der Waals surface area contributed by atoms with Crippen LogP contribution >= 0.6 is 15.9 Å². The molecule has 0 bridgehead atoms. The summed E-state index contributed by atoms with van der Waals surface area (Å²) in [5.41, 5.74) is 0.502. The maximum atomic E-state index is 12.1. The lowest BCUT2D eigenvalue weighted by Gasteiger charge is -2.60. The molecule has 0 aromatic rings. The van der Waals surface area contributed by atoms with E-state index >= 15 is 0 Å². The Labute approximate surface area is 142 Å². The van der Waals surface area contributed by atoms with Crippen LogP contribution in [0.1, 0.15) is 65.2 Å². The molecule has 0 unspecified atom stereocenters. The first-order valence-electron chi connectivity index (χ1n) is 9.23. The van der Waals surface area contributed by atoms with Crippen molar-refractivity contribution in [2.45, 2.75) is 76.1 Å². The van der Waals surface area contributed by atoms with Gasteiger partial charge in [-0.2, -0.15) is 0 Å². The average molecular weight is 369 g/mol. The Morgan fingerprint density at radius 2 is 1.64 bits per heavy atom. The SMILES string of the molecule is C[C@@]12CC[C@H]3[C@@H](CC[C@@H]4[C@H](Br)C(=O)CC[C@]43C)[C@H]1CC[C@@H]2O. The fraction of sp³-hybridized carbons (Fsp3) is 0.947. The number of hydrogen-bond donors (Lipinski definition) is 1. The lowest BCUT2D eigenvalue weighted by atomic mass is 9.45. The van der Waals surface area contributed by atoms with Gasteiger partial charge in [0, 0.05) is 6.42 Å². The van der Waals surface area contributed by atoms with E-state index in [4.69, 9.17) is 0 Å². The first kappa shape index (κ1) is 15.6. The van der Waals surface area contributed by atoms with Crippen LogP contribution in [0.2, 0.25) is 0 Å². The molecule has 0 amide bonds. The molecule has 124 valence electrons. The van der Waals surface area contributed by atoms with Crippen molar-refractivity contribution >= 4 is 21.7 Å². The van der Waals surface area contributed by atoms with E-state index in [0.717, 1.165) is 31.1 Å². The van der Waals surface area contributed by atoms with E-state index in [0.29, 0.717) is 23.0 Å². The van der Waals surface area contributed by atoms with Crippen LogP contribution in [0.25, 0.3) is 0 Å². The standard InChI is InChI=1S/C19H29BrO2/c1-18-10-8-15(21)17(20)14(18)4-3-11-12-5-6-16(22)19(12,2)9-7-13(11)18/h11-14,16-17,22H,3-10H2,1-2H3/t11-,12+,13-,14+,16-,17-,18-,19+/m0/s1. The molecule has 22 heavy (non-hydrogen) atoms. The number of aliphatic hydroxyl groups is 1. The summed E-state index contributed by atoms with van der Waals surface area (Å²) in [5, 5.41) is 10.5. The van der Waals surface area contributed by atoms with E-state index in [1.165, 1.54) is 32.1 Å². The Kier molecular flexibility index (Phi) is 3.59. The number of halogens is 1. The van der Waals surface area contributed by atoms with Gasteiger partial charge in [-0.3, -0.25) is 4.79 Å². The largest absolute Gasteiger partial charge is 0.393 e. The zero-order valence-electron chi connectivity index (χ0n) is 13.9. The lowest BCUT2D eigenvalue weighted by Crippen LogP contribution is -2.56. The highest BCUT2D eigenvalue weighted by molar-refractivity contribution is 9.10. The summed E-state index contributed by atoms with van der Waals surface area (Å²) in [7, 11) is 0. The number of Topliss-reactive ketones (excluding diaryl/α,β-unsaturated/α-hetero) is 1. The Hall–Kier alpha value is 0.110. The van der Waals surface area contributed by atoms with Gasteiger partial charge in [0.1, 0.15) is 5.78 Å². The van der Waals surface area contributed by atoms with E-state index in [1.807, 2.05) is 0 Å². The number of carbonyl (C=O) groups is 1. The van der Waals surface area contributed by atoms with Crippen LogP contribution in [-0.2, 0) is 4.79 Å². The zero-order valence-corrected chi connectivity index (χ0v) is 15.4. The molecule has 0 spiro atoms. The number of ketones is 1. The molecule has 3 heteroatoms. The minimum absolute atomic E-state index is 0.0826. The third kappa shape index (κ3) is 1.90. The van der Waals surface area contributed by atoms with Crippen molar-refractivity contribution in [3.05, 3.63) is 0 Å². The average Bonchev–Trinajstić information content (AvgIpc) is 2.79. The summed E-state index contributed by atoms with van der Waals surface area (Å²) in [5.74, 6) is 3.22. The minimum Gasteiger partial charge on any atom is -0.393 e. The van der Waals surface area contributed by atoms with Crippen molar-refractivity contribution in [1.29, 1.82) is 0 Å². The molecule has 0 aromatic carbocycles. The monoisotopic (exact) mass is 368 g/mol. The Bertz CT molecular complexity index is 492. The number of fused-ring (bicyclic) bond motifs is 5. The molecular formula is C19H29BrO2. The van der Waals surface area contributed by atoms with Gasteiger partial charge < -0.3 is 5.11 Å². The van der Waals surface area contributed by atoms with Crippen molar-refractivity contribution < 1.29 is 9.90 Å². The normalized spacial score (nSPS) is 57.9. The molecule has 2 nitrogen and oxygen atoms in total. The fourth-order valence-electron chi connectivity index (χ4n) is 7.06. The lowest BCUT2D eigenvalue weighted by molar-refractivity contribution is -0.140. The first-order valence-corrected chi connectivity index (χ1v) is 10.1. The van der Waals surface area contributed by atoms with Crippen LogP contribution in [0, 0.1) is 34.5 Å². The number of rotatable bonds is 0. The molecule has 4 aliphatic rings. The van der Waals surface area contributed by atoms with Crippen molar-refractivity contribution in [2.24, 2.45) is 34.5 Å². The van der Waals surface area contributed by atoms with E-state index in [-0.39, 0.29) is 16.3 Å². The highest BCUT2D eigenvalue weighted by Gasteiger charge is 2.61. The highest BCUT2D eigenvalue weighted by Crippen LogP contribution is 2.66. The second-order valence-corrected chi connectivity index (χ2v) is 10.1. The maximum absolute atomic E-state index is 12.1. The van der Waals surface area contributed by atoms with Crippen molar-refractivity contribution in [2.75, 3.05) is 0 Å². The van der Waals surface area contributed by atoms with Gasteiger partial charge in [0.05, 0.1) is 10.9 Å². The Morgan fingerprint density at radius 1 is 0.955 bits per heavy atom. The van der Waals surface area contributed by atoms with E-state index in [2.05, 4.69) is 29.8 Å². The molecule has 8 atom stereocenters. The predicted molar refractivity (Wildman–Crippen MR) is 90.8 cm³/mol. The van der Waals surface area contributed by atoms with Gasteiger partial charge in [0.2, 0.25) is 0 Å². The smallest absolute Gasteiger partial charge is 0.146 e. The molecule has 4 fully saturated rings. The van der Waals surface area contributed by atoms with E-state index in [1.54, 1.807) is 0 Å². The maximum Gasteiger partial charge on any atom is 0.146 e. The molecule has 4 saturated carbocycles. The molecule has 4 rings (SSSR count). The van der Waals surface area contributed by atoms with E-state index < -0.39 is 0 Å². The summed E-state index contributed by atoms with van der Waals surface area (Å²) in [4.78, 5) is 12.2. The van der Waals surface area contributed by atoms with Gasteiger partial charge in [-0.25, -0.2) is 0 Å². The van der Waals surface area contributed by atoms with Crippen LogP contribution in [0.15, 0.2) is 0 Å². The van der Waals surface area contributed by atoms with Gasteiger partial charge in [0.25, 0.3) is 0 Å². The summed E-state index contributed by atoms with van der Waals surface area (Å²) in [6.45, 7) is 4.82. The molecule has 0 aliphatic heterocycles. The van der Waals surface area contributed by atoms with Gasteiger partial charge in [-0.05, 0) is 79.4 Å².